The molecular formula is C29H50ClN3O7S4. The number of nitrogens with zero attached hydrogens (tertiary/aromatic N) is 1. The molecule has 0 aliphatic carbocycles. The normalized spacial score (nSPS) is 24.8. The van der Waals surface area contributed by atoms with E-state index in [1.165, 1.54) is 32.1 Å². The van der Waals surface area contributed by atoms with Crippen LogP contribution in [-0.4, -0.2) is 111 Å². The first-order valence-corrected chi connectivity index (χ1v) is 18.7. The highest BCUT2D eigenvalue weighted by Gasteiger charge is 2.53. The molecule has 0 saturated carbocycles. The quantitative estimate of drug-likeness (QED) is 0.308. The first-order chi connectivity index (χ1) is 20.0. The number of nitrogens with one attached hydrogen (secondary N) is 2. The molecule has 4 rings (SSSR count). The number of likely N-dealkylation sites (tertiary alicyclic amines) is 1. The predicted molar refractivity (Wildman–Crippen MR) is 185 cm³/mol. The van der Waals surface area contributed by atoms with E-state index >= 15 is 0 Å². The van der Waals surface area contributed by atoms with E-state index in [-0.39, 0.29) is 38.5 Å². The van der Waals surface area contributed by atoms with Gasteiger partial charge in [0.2, 0.25) is 5.91 Å². The summed E-state index contributed by atoms with van der Waals surface area (Å²) in [5, 5.41) is 5.99. The molecule has 4 saturated heterocycles. The van der Waals surface area contributed by atoms with Gasteiger partial charge in [-0.3, -0.25) is 9.59 Å². The maximum Gasteiger partial charge on any atom is 0.408 e. The number of carbonyl (C=O) groups excluding carboxylic acids is 4. The predicted octanol–water partition coefficient (Wildman–Crippen LogP) is 4.78. The van der Waals surface area contributed by atoms with Crippen molar-refractivity contribution in [2.24, 2.45) is 5.41 Å². The number of esters is 2. The molecule has 4 aliphatic rings. The van der Waals surface area contributed by atoms with Crippen LogP contribution in [-0.2, 0) is 28.6 Å². The molecule has 0 aromatic heterocycles. The van der Waals surface area contributed by atoms with Gasteiger partial charge in [-0.1, -0.05) is 20.8 Å². The largest absolute Gasteiger partial charge is 0.468 e. The van der Waals surface area contributed by atoms with E-state index < -0.39 is 35.2 Å². The SMILES string of the molecule is COC(=O)[C@@H]1CC2(CN1)SCCCS2.COC(=O)[C@@H]1CC2(CN1C(=O)C(NC(=O)OC(C)(C)C)C(C)(C)C)SCCCS2.Cl. The standard InChI is InChI=1S/C20H34N2O5S2.C9H15NO2S2.ClH/c1-18(2,3)14(21-17(25)27-19(4,5)6)15(23)22-12-20(28-9-8-10-29-20)11-13(22)16(24)26-7;1-12-8(11)7-5-9(6-10-7)13-3-2-4-14-9;/h13-14H,8-12H2,1-7H3,(H,21,25);7,10H,2-6H2,1H3;1H/t13-,14?;7-;/m00./s1. The zero-order valence-electron chi connectivity index (χ0n) is 27.1. The van der Waals surface area contributed by atoms with Gasteiger partial charge in [0.15, 0.2) is 0 Å². The Morgan fingerprint density at radius 2 is 1.36 bits per heavy atom. The molecule has 3 atom stereocenters. The number of halogens is 1. The van der Waals surface area contributed by atoms with E-state index in [0.29, 0.717) is 13.0 Å². The van der Waals surface area contributed by atoms with Crippen molar-refractivity contribution >= 4 is 83.4 Å². The van der Waals surface area contributed by atoms with Gasteiger partial charge in [-0.2, -0.15) is 0 Å². The monoisotopic (exact) mass is 715 g/mol. The zero-order chi connectivity index (χ0) is 32.1. The molecule has 2 amide bonds. The second kappa shape index (κ2) is 16.4. The Balaban J connectivity index is 0.000000375. The summed E-state index contributed by atoms with van der Waals surface area (Å²) in [6, 6.07) is -1.55. The second-order valence-electron chi connectivity index (χ2n) is 13.2. The minimum atomic E-state index is -0.821. The number of alkyl carbamates (subject to hydrolysis) is 1. The molecule has 1 unspecified atom stereocenters. The number of ether oxygens (including phenoxy) is 3. The molecule has 10 nitrogen and oxygen atoms in total. The van der Waals surface area contributed by atoms with Crippen LogP contribution in [0.15, 0.2) is 0 Å². The number of amides is 2. The summed E-state index contributed by atoms with van der Waals surface area (Å²) in [6.45, 7) is 12.4. The average molecular weight is 716 g/mol. The lowest BCUT2D eigenvalue weighted by Crippen LogP contribution is -2.57. The van der Waals surface area contributed by atoms with E-state index in [2.05, 4.69) is 10.6 Å². The van der Waals surface area contributed by atoms with E-state index in [0.717, 1.165) is 30.9 Å². The summed E-state index contributed by atoms with van der Waals surface area (Å²) in [5.41, 5.74) is -1.23. The van der Waals surface area contributed by atoms with E-state index in [1.807, 2.05) is 67.8 Å². The number of methoxy groups -OCH3 is 2. The molecule has 2 spiro atoms. The Kier molecular flexibility index (Phi) is 14.8. The fourth-order valence-electron chi connectivity index (χ4n) is 5.36. The Labute approximate surface area is 285 Å². The highest BCUT2D eigenvalue weighted by molar-refractivity contribution is 8.19. The van der Waals surface area contributed by atoms with Crippen molar-refractivity contribution in [2.75, 3.05) is 50.3 Å². The maximum atomic E-state index is 13.6. The first kappa shape index (κ1) is 39.5. The highest BCUT2D eigenvalue weighted by atomic mass is 35.5. The van der Waals surface area contributed by atoms with Gasteiger partial charge in [0.05, 0.1) is 22.4 Å². The molecule has 0 aromatic carbocycles. The van der Waals surface area contributed by atoms with Crippen LogP contribution in [0.3, 0.4) is 0 Å². The lowest BCUT2D eigenvalue weighted by atomic mass is 9.85. The summed E-state index contributed by atoms with van der Waals surface area (Å²) in [7, 11) is 2.80. The number of hydrogen-bond donors (Lipinski definition) is 2. The Bertz CT molecular complexity index is 1010. The summed E-state index contributed by atoms with van der Waals surface area (Å²) in [6.07, 6.45) is 3.24. The molecule has 4 aliphatic heterocycles. The topological polar surface area (TPSA) is 123 Å². The second-order valence-corrected chi connectivity index (χ2v) is 19.7. The van der Waals surface area contributed by atoms with Crippen LogP contribution in [0.25, 0.3) is 0 Å². The summed E-state index contributed by atoms with van der Waals surface area (Å²) in [5.74, 6) is 3.68. The summed E-state index contributed by atoms with van der Waals surface area (Å²) in [4.78, 5) is 51.4. The molecule has 0 bridgehead atoms. The average Bonchev–Trinajstić information content (AvgIpc) is 3.52. The van der Waals surface area contributed by atoms with Crippen molar-refractivity contribution in [3.63, 3.8) is 0 Å². The van der Waals surface area contributed by atoms with Crippen LogP contribution in [0.4, 0.5) is 4.79 Å². The van der Waals surface area contributed by atoms with Crippen molar-refractivity contribution in [3.8, 4) is 0 Å². The smallest absolute Gasteiger partial charge is 0.408 e. The number of carbonyl (C=O) groups is 4. The third-order valence-corrected chi connectivity index (χ3v) is 14.2. The van der Waals surface area contributed by atoms with Crippen LogP contribution in [0.1, 0.15) is 67.2 Å². The molecule has 4 heterocycles. The molecule has 2 N–H and O–H groups in total. The van der Waals surface area contributed by atoms with Crippen molar-refractivity contribution in [3.05, 3.63) is 0 Å². The van der Waals surface area contributed by atoms with Crippen LogP contribution in [0.5, 0.6) is 0 Å². The number of hydrogen-bond acceptors (Lipinski definition) is 12. The minimum absolute atomic E-state index is 0. The van der Waals surface area contributed by atoms with Crippen LogP contribution in [0.2, 0.25) is 0 Å². The van der Waals surface area contributed by atoms with Crippen LogP contribution >= 0.6 is 59.5 Å². The van der Waals surface area contributed by atoms with Gasteiger partial charge < -0.3 is 29.7 Å². The van der Waals surface area contributed by atoms with Gasteiger partial charge in [-0.25, -0.2) is 9.59 Å². The molecule has 4 fully saturated rings. The van der Waals surface area contributed by atoms with Crippen LogP contribution in [0, 0.1) is 5.41 Å². The van der Waals surface area contributed by atoms with Gasteiger partial charge in [0, 0.05) is 19.5 Å². The Morgan fingerprint density at radius 3 is 1.84 bits per heavy atom. The van der Waals surface area contributed by atoms with Crippen molar-refractivity contribution < 1.29 is 33.4 Å². The van der Waals surface area contributed by atoms with Gasteiger partial charge in [-0.05, 0) is 68.5 Å². The third kappa shape index (κ3) is 10.7. The van der Waals surface area contributed by atoms with Crippen molar-refractivity contribution in [1.29, 1.82) is 0 Å². The van der Waals surface area contributed by atoms with Gasteiger partial charge in [0.25, 0.3) is 0 Å². The number of thioether (sulfide) groups is 4. The van der Waals surface area contributed by atoms with Gasteiger partial charge in [-0.15, -0.1) is 59.5 Å². The van der Waals surface area contributed by atoms with Crippen molar-refractivity contribution in [1.82, 2.24) is 15.5 Å². The summed E-state index contributed by atoms with van der Waals surface area (Å²) < 4.78 is 15.2. The lowest BCUT2D eigenvalue weighted by molar-refractivity contribution is -0.152. The summed E-state index contributed by atoms with van der Waals surface area (Å²) >= 11 is 7.63. The fourth-order valence-corrected chi connectivity index (χ4v) is 12.0. The van der Waals surface area contributed by atoms with Crippen molar-refractivity contribution in [2.45, 2.75) is 99.1 Å². The Hall–Kier alpha value is -0.670. The van der Waals surface area contributed by atoms with Crippen LogP contribution < -0.4 is 10.6 Å². The third-order valence-electron chi connectivity index (χ3n) is 7.48. The first-order valence-electron chi connectivity index (χ1n) is 14.8. The number of rotatable bonds is 4. The van der Waals surface area contributed by atoms with Gasteiger partial charge >= 0.3 is 18.0 Å². The van der Waals surface area contributed by atoms with E-state index in [1.54, 1.807) is 25.7 Å². The highest BCUT2D eigenvalue weighted by Crippen LogP contribution is 2.51. The molecule has 44 heavy (non-hydrogen) atoms. The lowest BCUT2D eigenvalue weighted by Gasteiger charge is -2.36. The molecule has 15 heteroatoms. The molecule has 0 aromatic rings. The molecule has 0 radical (unpaired) electrons. The minimum Gasteiger partial charge on any atom is -0.468 e. The van der Waals surface area contributed by atoms with E-state index in [9.17, 15) is 19.2 Å². The molecule has 254 valence electrons. The zero-order valence-corrected chi connectivity index (χ0v) is 31.2. The van der Waals surface area contributed by atoms with Gasteiger partial charge in [0.1, 0.15) is 23.7 Å². The molecular weight excluding hydrogens is 666 g/mol. The fraction of sp³-hybridized carbons (Fsp3) is 0.862. The Morgan fingerprint density at radius 1 is 0.841 bits per heavy atom. The van der Waals surface area contributed by atoms with E-state index in [4.69, 9.17) is 14.2 Å². The maximum absolute atomic E-state index is 13.6.